The standard InChI is InChI=1S/C16H22N6OS/c1-11-6-2-3-7-12(11)17-16(24)20-19-15(23)10-22-14-9-5-4-8-13(14)18-21-22/h4-5,8-9,11-12H,2-3,6-7,10H2,1H3,(H,19,23)(H2,17,20,24)/t11-,12-/m1/s1. The molecule has 2 aromatic rings. The highest BCUT2D eigenvalue weighted by Gasteiger charge is 2.21. The van der Waals surface area contributed by atoms with Crippen molar-refractivity contribution in [3.05, 3.63) is 24.3 Å². The number of hydrogen-bond acceptors (Lipinski definition) is 4. The van der Waals surface area contributed by atoms with Gasteiger partial charge in [0.05, 0.1) is 5.52 Å². The van der Waals surface area contributed by atoms with Crippen molar-refractivity contribution in [2.75, 3.05) is 0 Å². The van der Waals surface area contributed by atoms with Gasteiger partial charge in [-0.3, -0.25) is 15.6 Å². The van der Waals surface area contributed by atoms with Gasteiger partial charge >= 0.3 is 0 Å². The van der Waals surface area contributed by atoms with E-state index in [4.69, 9.17) is 12.2 Å². The van der Waals surface area contributed by atoms with Crippen molar-refractivity contribution in [3.8, 4) is 0 Å². The topological polar surface area (TPSA) is 83.9 Å². The van der Waals surface area contributed by atoms with Crippen molar-refractivity contribution in [1.29, 1.82) is 0 Å². The second kappa shape index (κ2) is 7.57. The monoisotopic (exact) mass is 346 g/mol. The summed E-state index contributed by atoms with van der Waals surface area (Å²) in [5.41, 5.74) is 6.97. The molecule has 0 spiro atoms. The lowest BCUT2D eigenvalue weighted by Crippen LogP contribution is -2.52. The molecule has 1 heterocycles. The number of amides is 1. The van der Waals surface area contributed by atoms with Gasteiger partial charge in [0.15, 0.2) is 5.11 Å². The van der Waals surface area contributed by atoms with Crippen LogP contribution >= 0.6 is 12.2 Å². The van der Waals surface area contributed by atoms with Crippen LogP contribution in [-0.4, -0.2) is 32.1 Å². The van der Waals surface area contributed by atoms with E-state index in [0.717, 1.165) is 17.5 Å². The number of nitrogens with one attached hydrogen (secondary N) is 3. The molecule has 1 amide bonds. The molecular formula is C16H22N6OS. The zero-order valence-corrected chi connectivity index (χ0v) is 14.5. The van der Waals surface area contributed by atoms with Crippen molar-refractivity contribution in [1.82, 2.24) is 31.2 Å². The molecule has 0 saturated heterocycles. The Hall–Kier alpha value is -2.22. The highest BCUT2D eigenvalue weighted by Crippen LogP contribution is 2.23. The van der Waals surface area contributed by atoms with Crippen molar-refractivity contribution >= 4 is 34.3 Å². The van der Waals surface area contributed by atoms with Crippen LogP contribution in [0.5, 0.6) is 0 Å². The summed E-state index contributed by atoms with van der Waals surface area (Å²) in [6.45, 7) is 2.31. The Balaban J connectivity index is 1.47. The number of hydrogen-bond donors (Lipinski definition) is 3. The van der Waals surface area contributed by atoms with E-state index in [0.29, 0.717) is 17.1 Å². The summed E-state index contributed by atoms with van der Waals surface area (Å²) >= 11 is 5.26. The Morgan fingerprint density at radius 3 is 2.92 bits per heavy atom. The number of hydrazine groups is 1. The fourth-order valence-electron chi connectivity index (χ4n) is 3.07. The number of aromatic nitrogens is 3. The molecular weight excluding hydrogens is 324 g/mol. The lowest BCUT2D eigenvalue weighted by atomic mass is 9.86. The molecule has 0 aliphatic heterocycles. The largest absolute Gasteiger partial charge is 0.358 e. The van der Waals surface area contributed by atoms with Gasteiger partial charge in [0, 0.05) is 6.04 Å². The van der Waals surface area contributed by atoms with Crippen molar-refractivity contribution < 1.29 is 4.79 Å². The quantitative estimate of drug-likeness (QED) is 0.577. The van der Waals surface area contributed by atoms with E-state index in [1.54, 1.807) is 4.68 Å². The molecule has 1 fully saturated rings. The summed E-state index contributed by atoms with van der Waals surface area (Å²) in [6.07, 6.45) is 4.83. The molecule has 1 aromatic heterocycles. The molecule has 7 nitrogen and oxygen atoms in total. The third-order valence-corrected chi connectivity index (χ3v) is 4.68. The van der Waals surface area contributed by atoms with E-state index in [1.807, 2.05) is 24.3 Å². The number of para-hydroxylation sites is 1. The minimum atomic E-state index is -0.230. The van der Waals surface area contributed by atoms with Crippen LogP contribution in [0.3, 0.4) is 0 Å². The number of thiocarbonyl (C=S) groups is 1. The average molecular weight is 346 g/mol. The lowest BCUT2D eigenvalue weighted by Gasteiger charge is -2.30. The predicted molar refractivity (Wildman–Crippen MR) is 96.0 cm³/mol. The van der Waals surface area contributed by atoms with E-state index in [2.05, 4.69) is 33.4 Å². The average Bonchev–Trinajstić information content (AvgIpc) is 2.98. The summed E-state index contributed by atoms with van der Waals surface area (Å²) in [7, 11) is 0. The smallest absolute Gasteiger partial charge is 0.260 e. The fourth-order valence-corrected chi connectivity index (χ4v) is 3.27. The Morgan fingerprint density at radius 2 is 2.08 bits per heavy atom. The zero-order valence-electron chi connectivity index (χ0n) is 13.7. The summed E-state index contributed by atoms with van der Waals surface area (Å²) in [5.74, 6) is 0.363. The van der Waals surface area contributed by atoms with Gasteiger partial charge in [0.2, 0.25) is 0 Å². The molecule has 128 valence electrons. The molecule has 1 aromatic carbocycles. The third kappa shape index (κ3) is 4.00. The third-order valence-electron chi connectivity index (χ3n) is 4.46. The molecule has 1 aliphatic carbocycles. The molecule has 3 rings (SSSR count). The zero-order chi connectivity index (χ0) is 16.9. The number of carbonyl (C=O) groups excluding carboxylic acids is 1. The van der Waals surface area contributed by atoms with Crippen LogP contribution < -0.4 is 16.2 Å². The first-order valence-corrected chi connectivity index (χ1v) is 8.68. The van der Waals surface area contributed by atoms with Gasteiger partial charge < -0.3 is 5.32 Å². The lowest BCUT2D eigenvalue weighted by molar-refractivity contribution is -0.122. The second-order valence-electron chi connectivity index (χ2n) is 6.25. The van der Waals surface area contributed by atoms with E-state index in [1.165, 1.54) is 19.3 Å². The summed E-state index contributed by atoms with van der Waals surface area (Å²) in [6, 6.07) is 7.89. The van der Waals surface area contributed by atoms with Gasteiger partial charge in [0.1, 0.15) is 12.1 Å². The summed E-state index contributed by atoms with van der Waals surface area (Å²) < 4.78 is 1.56. The molecule has 2 atom stereocenters. The van der Waals surface area contributed by atoms with Gasteiger partial charge in [-0.15, -0.1) is 5.10 Å². The van der Waals surface area contributed by atoms with Crippen LogP contribution in [0.15, 0.2) is 24.3 Å². The van der Waals surface area contributed by atoms with E-state index >= 15 is 0 Å². The molecule has 1 saturated carbocycles. The van der Waals surface area contributed by atoms with E-state index < -0.39 is 0 Å². The van der Waals surface area contributed by atoms with Crippen LogP contribution in [0.2, 0.25) is 0 Å². The molecule has 8 heteroatoms. The normalized spacial score (nSPS) is 20.5. The van der Waals surface area contributed by atoms with Gasteiger partial charge in [-0.1, -0.05) is 37.1 Å². The van der Waals surface area contributed by atoms with Crippen molar-refractivity contribution in [3.63, 3.8) is 0 Å². The molecule has 0 bridgehead atoms. The van der Waals surface area contributed by atoms with Crippen molar-refractivity contribution in [2.24, 2.45) is 5.92 Å². The molecule has 24 heavy (non-hydrogen) atoms. The minimum Gasteiger partial charge on any atom is -0.358 e. The van der Waals surface area contributed by atoms with Gasteiger partial charge in [-0.05, 0) is 43.1 Å². The van der Waals surface area contributed by atoms with E-state index in [9.17, 15) is 4.79 Å². The van der Waals surface area contributed by atoms with Gasteiger partial charge in [0.25, 0.3) is 5.91 Å². The molecule has 3 N–H and O–H groups in total. The first-order valence-electron chi connectivity index (χ1n) is 8.27. The maximum absolute atomic E-state index is 12.1. The number of rotatable bonds is 3. The van der Waals surface area contributed by atoms with Crippen LogP contribution in [-0.2, 0) is 11.3 Å². The first-order chi connectivity index (χ1) is 11.6. The minimum absolute atomic E-state index is 0.0793. The van der Waals surface area contributed by atoms with Crippen LogP contribution in [0, 0.1) is 5.92 Å². The Bertz CT molecular complexity index is 730. The summed E-state index contributed by atoms with van der Waals surface area (Å²) in [4.78, 5) is 12.1. The number of carbonyl (C=O) groups is 1. The Kier molecular flexibility index (Phi) is 5.24. The Morgan fingerprint density at radius 1 is 1.29 bits per heavy atom. The number of benzene rings is 1. The maximum Gasteiger partial charge on any atom is 0.260 e. The SMILES string of the molecule is C[C@@H]1CCCC[C@H]1NC(=S)NNC(=O)Cn1nnc2ccccc21. The van der Waals surface area contributed by atoms with E-state index in [-0.39, 0.29) is 12.5 Å². The fraction of sp³-hybridized carbons (Fsp3) is 0.500. The number of fused-ring (bicyclic) bond motifs is 1. The number of nitrogens with zero attached hydrogens (tertiary/aromatic N) is 3. The Labute approximate surface area is 146 Å². The van der Waals surface area contributed by atoms with Crippen LogP contribution in [0.25, 0.3) is 11.0 Å². The maximum atomic E-state index is 12.1. The van der Waals surface area contributed by atoms with Gasteiger partial charge in [-0.25, -0.2) is 4.68 Å². The molecule has 0 unspecified atom stereocenters. The molecule has 1 aliphatic rings. The van der Waals surface area contributed by atoms with Crippen molar-refractivity contribution in [2.45, 2.75) is 45.2 Å². The highest BCUT2D eigenvalue weighted by atomic mass is 32.1. The molecule has 0 radical (unpaired) electrons. The second-order valence-corrected chi connectivity index (χ2v) is 6.66. The summed E-state index contributed by atoms with van der Waals surface area (Å²) in [5, 5.41) is 11.8. The first kappa shape index (κ1) is 16.6. The predicted octanol–water partition coefficient (Wildman–Crippen LogP) is 1.51. The van der Waals surface area contributed by atoms with Gasteiger partial charge in [-0.2, -0.15) is 0 Å². The van der Waals surface area contributed by atoms with Crippen LogP contribution in [0.1, 0.15) is 32.6 Å². The highest BCUT2D eigenvalue weighted by molar-refractivity contribution is 7.80. The van der Waals surface area contributed by atoms with Crippen LogP contribution in [0.4, 0.5) is 0 Å².